The van der Waals surface area contributed by atoms with Gasteiger partial charge in [0, 0.05) is 25.0 Å². The Morgan fingerprint density at radius 3 is 2.48 bits per heavy atom. The number of fused-ring (bicyclic) bond motifs is 2. The molecular formula is C20H15F4N3O2. The van der Waals surface area contributed by atoms with Gasteiger partial charge in [-0.15, -0.1) is 0 Å². The quantitative estimate of drug-likeness (QED) is 0.565. The standard InChI is InChI=1S/C20H15F4N3O2/c1-12(21)17(28)26-10-8-19(11-26)16-15(3-2-9-25-16)27(18(19)29)14-6-4-13(5-7-14)20(22,23)24/h2-7,9H,1,8,10-11H2. The topological polar surface area (TPSA) is 53.5 Å². The van der Waals surface area contributed by atoms with Crippen LogP contribution in [0.1, 0.15) is 17.7 Å². The van der Waals surface area contributed by atoms with E-state index >= 15 is 0 Å². The van der Waals surface area contributed by atoms with Crippen LogP contribution in [0.15, 0.2) is 55.0 Å². The van der Waals surface area contributed by atoms with Gasteiger partial charge >= 0.3 is 6.18 Å². The molecule has 1 fully saturated rings. The maximum absolute atomic E-state index is 13.4. The van der Waals surface area contributed by atoms with Gasteiger partial charge in [0.25, 0.3) is 5.91 Å². The average Bonchev–Trinajstić information content (AvgIpc) is 3.23. The second-order valence-corrected chi connectivity index (χ2v) is 7.02. The molecule has 2 amide bonds. The lowest BCUT2D eigenvalue weighted by Crippen LogP contribution is -2.42. The van der Waals surface area contributed by atoms with Gasteiger partial charge in [-0.1, -0.05) is 6.58 Å². The van der Waals surface area contributed by atoms with E-state index in [9.17, 15) is 27.2 Å². The molecule has 0 bridgehead atoms. The Labute approximate surface area is 163 Å². The number of likely N-dealkylation sites (tertiary alicyclic amines) is 1. The van der Waals surface area contributed by atoms with Crippen LogP contribution in [0.4, 0.5) is 28.9 Å². The van der Waals surface area contributed by atoms with Crippen LogP contribution >= 0.6 is 0 Å². The van der Waals surface area contributed by atoms with Gasteiger partial charge in [0.05, 0.1) is 16.9 Å². The number of benzene rings is 1. The van der Waals surface area contributed by atoms with Gasteiger partial charge in [-0.05, 0) is 42.8 Å². The first-order chi connectivity index (χ1) is 13.6. The van der Waals surface area contributed by atoms with E-state index in [0.717, 1.165) is 12.1 Å². The molecule has 1 aromatic carbocycles. The first-order valence-electron chi connectivity index (χ1n) is 8.76. The van der Waals surface area contributed by atoms with Gasteiger partial charge in [-0.25, -0.2) is 4.39 Å². The van der Waals surface area contributed by atoms with Crippen LogP contribution in [0, 0.1) is 0 Å². The molecule has 0 N–H and O–H groups in total. The third-order valence-corrected chi connectivity index (χ3v) is 5.33. The second-order valence-electron chi connectivity index (χ2n) is 7.02. The van der Waals surface area contributed by atoms with Crippen LogP contribution in [-0.4, -0.2) is 34.8 Å². The number of alkyl halides is 3. The lowest BCUT2D eigenvalue weighted by atomic mass is 9.84. The number of rotatable bonds is 2. The lowest BCUT2D eigenvalue weighted by molar-refractivity contribution is -0.137. The molecular weight excluding hydrogens is 390 g/mol. The number of hydrogen-bond donors (Lipinski definition) is 0. The largest absolute Gasteiger partial charge is 0.416 e. The van der Waals surface area contributed by atoms with Crippen molar-refractivity contribution in [2.24, 2.45) is 0 Å². The second kappa shape index (κ2) is 6.40. The number of hydrogen-bond acceptors (Lipinski definition) is 3. The molecule has 2 aliphatic heterocycles. The smallest absolute Gasteiger partial charge is 0.335 e. The molecule has 1 aromatic heterocycles. The number of aromatic nitrogens is 1. The fourth-order valence-corrected chi connectivity index (χ4v) is 3.95. The molecule has 9 heteroatoms. The van der Waals surface area contributed by atoms with Crippen LogP contribution in [0.5, 0.6) is 0 Å². The summed E-state index contributed by atoms with van der Waals surface area (Å²) in [5.74, 6) is -2.42. The third kappa shape index (κ3) is 2.88. The van der Waals surface area contributed by atoms with Gasteiger partial charge in [-0.2, -0.15) is 13.2 Å². The van der Waals surface area contributed by atoms with Crippen LogP contribution < -0.4 is 4.90 Å². The zero-order valence-electron chi connectivity index (χ0n) is 15.0. The summed E-state index contributed by atoms with van der Waals surface area (Å²) in [4.78, 5) is 32.2. The number of anilines is 2. The van der Waals surface area contributed by atoms with E-state index in [4.69, 9.17) is 0 Å². The first-order valence-corrected chi connectivity index (χ1v) is 8.76. The van der Waals surface area contributed by atoms with Gasteiger partial charge < -0.3 is 4.90 Å². The van der Waals surface area contributed by atoms with E-state index in [0.29, 0.717) is 11.4 Å². The summed E-state index contributed by atoms with van der Waals surface area (Å²) < 4.78 is 51.9. The highest BCUT2D eigenvalue weighted by atomic mass is 19.4. The van der Waals surface area contributed by atoms with Gasteiger partial charge in [-0.3, -0.25) is 19.5 Å². The Hall–Kier alpha value is -3.23. The SMILES string of the molecule is C=C(F)C(=O)N1CCC2(C1)C(=O)N(c1ccc(C(F)(F)F)cc1)c1cccnc12. The van der Waals surface area contributed by atoms with Crippen molar-refractivity contribution in [3.8, 4) is 0 Å². The first kappa shape index (κ1) is 19.1. The summed E-state index contributed by atoms with van der Waals surface area (Å²) >= 11 is 0. The van der Waals surface area contributed by atoms with Crippen molar-refractivity contribution in [1.82, 2.24) is 9.88 Å². The van der Waals surface area contributed by atoms with Crippen molar-refractivity contribution in [3.63, 3.8) is 0 Å². The summed E-state index contributed by atoms with van der Waals surface area (Å²) in [7, 11) is 0. The zero-order chi connectivity index (χ0) is 21.0. The number of carbonyl (C=O) groups is 2. The molecule has 0 saturated carbocycles. The van der Waals surface area contributed by atoms with Gasteiger partial charge in [0.15, 0.2) is 5.83 Å². The summed E-state index contributed by atoms with van der Waals surface area (Å²) in [6, 6.07) is 7.51. The van der Waals surface area contributed by atoms with Crippen molar-refractivity contribution < 1.29 is 27.2 Å². The Bertz CT molecular complexity index is 1020. The van der Waals surface area contributed by atoms with Crippen molar-refractivity contribution in [2.45, 2.75) is 18.0 Å². The van der Waals surface area contributed by atoms with E-state index in [1.807, 2.05) is 0 Å². The monoisotopic (exact) mass is 405 g/mol. The summed E-state index contributed by atoms with van der Waals surface area (Å²) in [5.41, 5.74) is -0.887. The average molecular weight is 405 g/mol. The molecule has 2 aliphatic rings. The van der Waals surface area contributed by atoms with E-state index < -0.39 is 34.8 Å². The van der Waals surface area contributed by atoms with Gasteiger partial charge in [0.2, 0.25) is 5.91 Å². The molecule has 1 unspecified atom stereocenters. The highest BCUT2D eigenvalue weighted by Gasteiger charge is 2.57. The van der Waals surface area contributed by atoms with Crippen LogP contribution in [0.2, 0.25) is 0 Å². The Morgan fingerprint density at radius 2 is 1.86 bits per heavy atom. The minimum Gasteiger partial charge on any atom is -0.335 e. The number of nitrogens with zero attached hydrogens (tertiary/aromatic N) is 3. The van der Waals surface area contributed by atoms with Crippen LogP contribution in [0.25, 0.3) is 0 Å². The lowest BCUT2D eigenvalue weighted by Gasteiger charge is -2.24. The molecule has 4 rings (SSSR count). The molecule has 1 atom stereocenters. The minimum atomic E-state index is -4.49. The molecule has 29 heavy (non-hydrogen) atoms. The summed E-state index contributed by atoms with van der Waals surface area (Å²) in [5, 5.41) is 0. The predicted octanol–water partition coefficient (Wildman–Crippen LogP) is 3.73. The molecule has 0 radical (unpaired) electrons. The molecule has 0 aliphatic carbocycles. The summed E-state index contributed by atoms with van der Waals surface area (Å²) in [6.07, 6.45) is -2.76. The zero-order valence-corrected chi connectivity index (χ0v) is 15.0. The Morgan fingerprint density at radius 1 is 1.17 bits per heavy atom. The fourth-order valence-electron chi connectivity index (χ4n) is 3.95. The molecule has 1 saturated heterocycles. The number of halogens is 4. The number of pyridine rings is 1. The van der Waals surface area contributed by atoms with Crippen LogP contribution in [0.3, 0.4) is 0 Å². The van der Waals surface area contributed by atoms with E-state index in [-0.39, 0.29) is 25.2 Å². The Kier molecular flexibility index (Phi) is 4.21. The fraction of sp³-hybridized carbons (Fsp3) is 0.250. The molecule has 150 valence electrons. The molecule has 3 heterocycles. The normalized spacial score (nSPS) is 21.0. The molecule has 1 spiro atoms. The van der Waals surface area contributed by atoms with E-state index in [1.165, 1.54) is 28.1 Å². The van der Waals surface area contributed by atoms with E-state index in [1.54, 1.807) is 12.1 Å². The van der Waals surface area contributed by atoms with Gasteiger partial charge in [0.1, 0.15) is 5.41 Å². The highest BCUT2D eigenvalue weighted by Crippen LogP contribution is 2.49. The van der Waals surface area contributed by atoms with Crippen molar-refractivity contribution in [1.29, 1.82) is 0 Å². The third-order valence-electron chi connectivity index (χ3n) is 5.33. The highest BCUT2D eigenvalue weighted by molar-refractivity contribution is 6.13. The van der Waals surface area contributed by atoms with Crippen molar-refractivity contribution in [2.75, 3.05) is 18.0 Å². The minimum absolute atomic E-state index is 0.0746. The predicted molar refractivity (Wildman–Crippen MR) is 96.0 cm³/mol. The Balaban J connectivity index is 1.75. The number of amides is 2. The maximum Gasteiger partial charge on any atom is 0.416 e. The van der Waals surface area contributed by atoms with E-state index in [2.05, 4.69) is 11.6 Å². The molecule has 5 nitrogen and oxygen atoms in total. The number of carbonyl (C=O) groups excluding carboxylic acids is 2. The molecule has 2 aromatic rings. The van der Waals surface area contributed by atoms with Crippen molar-refractivity contribution >= 4 is 23.2 Å². The summed E-state index contributed by atoms with van der Waals surface area (Å²) in [6.45, 7) is 3.08. The van der Waals surface area contributed by atoms with Crippen molar-refractivity contribution in [3.05, 3.63) is 66.3 Å². The maximum atomic E-state index is 13.4. The van der Waals surface area contributed by atoms with Crippen LogP contribution in [-0.2, 0) is 21.2 Å².